The molecular formula is C22H26O3. The molecule has 0 fully saturated rings. The lowest BCUT2D eigenvalue weighted by Gasteiger charge is -2.11. The summed E-state index contributed by atoms with van der Waals surface area (Å²) < 4.78 is 5.41. The number of methoxy groups -OCH3 is 1. The summed E-state index contributed by atoms with van der Waals surface area (Å²) in [4.78, 5) is 12.4. The molecule has 2 rings (SSSR count). The maximum absolute atomic E-state index is 12.4. The van der Waals surface area contributed by atoms with Crippen molar-refractivity contribution < 1.29 is 14.6 Å². The third-order valence-electron chi connectivity index (χ3n) is 4.24. The molecule has 0 aliphatic heterocycles. The van der Waals surface area contributed by atoms with Crippen LogP contribution in [0.1, 0.15) is 46.8 Å². The van der Waals surface area contributed by atoms with Gasteiger partial charge in [-0.1, -0.05) is 48.9 Å². The monoisotopic (exact) mass is 338 g/mol. The molecule has 2 aromatic rings. The molecule has 1 N–H and O–H groups in total. The van der Waals surface area contributed by atoms with Gasteiger partial charge in [0.25, 0.3) is 0 Å². The summed E-state index contributed by atoms with van der Waals surface area (Å²) in [6.45, 7) is 4.15. The van der Waals surface area contributed by atoms with Gasteiger partial charge in [0, 0.05) is 24.2 Å². The molecule has 0 aromatic heterocycles. The molecule has 0 saturated carbocycles. The first-order valence-corrected chi connectivity index (χ1v) is 8.60. The van der Waals surface area contributed by atoms with Gasteiger partial charge in [-0.2, -0.15) is 0 Å². The summed E-state index contributed by atoms with van der Waals surface area (Å²) in [5.74, 6) is 1.00. The van der Waals surface area contributed by atoms with Crippen molar-refractivity contribution in [2.45, 2.75) is 26.7 Å². The molecule has 0 radical (unpaired) electrons. The summed E-state index contributed by atoms with van der Waals surface area (Å²) in [5, 5.41) is 8.99. The summed E-state index contributed by atoms with van der Waals surface area (Å²) in [6, 6.07) is 13.8. The Hall–Kier alpha value is -2.39. The van der Waals surface area contributed by atoms with E-state index < -0.39 is 0 Å². The zero-order valence-corrected chi connectivity index (χ0v) is 15.2. The second-order valence-electron chi connectivity index (χ2n) is 6.45. The minimum Gasteiger partial charge on any atom is -0.496 e. The van der Waals surface area contributed by atoms with Crippen LogP contribution >= 0.6 is 0 Å². The molecule has 0 amide bonds. The number of aliphatic hydroxyl groups excluding tert-OH is 1. The number of hydrogen-bond acceptors (Lipinski definition) is 3. The Morgan fingerprint density at radius 3 is 2.52 bits per heavy atom. The van der Waals surface area contributed by atoms with E-state index in [2.05, 4.69) is 31.2 Å². The number of ether oxygens (including phenoxy) is 1. The molecule has 1 atom stereocenters. The first-order chi connectivity index (χ1) is 12.0. The van der Waals surface area contributed by atoms with Gasteiger partial charge in [0.2, 0.25) is 0 Å². The summed E-state index contributed by atoms with van der Waals surface area (Å²) in [7, 11) is 1.63. The Kier molecular flexibility index (Phi) is 6.96. The minimum atomic E-state index is 0.0913. The number of aryl methyl sites for hydroxylation is 1. The van der Waals surface area contributed by atoms with E-state index in [0.717, 1.165) is 16.9 Å². The number of aliphatic hydroxyl groups is 1. The topological polar surface area (TPSA) is 46.5 Å². The lowest BCUT2D eigenvalue weighted by Crippen LogP contribution is -2.08. The van der Waals surface area contributed by atoms with Crippen molar-refractivity contribution in [1.29, 1.82) is 0 Å². The fraction of sp³-hybridized carbons (Fsp3) is 0.318. The van der Waals surface area contributed by atoms with Crippen molar-refractivity contribution in [3.8, 4) is 5.75 Å². The zero-order valence-electron chi connectivity index (χ0n) is 15.2. The first kappa shape index (κ1) is 18.9. The molecular weight excluding hydrogens is 312 g/mol. The molecule has 0 heterocycles. The van der Waals surface area contributed by atoms with Gasteiger partial charge in [0.05, 0.1) is 7.11 Å². The van der Waals surface area contributed by atoms with Crippen LogP contribution in [0.3, 0.4) is 0 Å². The number of carbonyl (C=O) groups is 1. The van der Waals surface area contributed by atoms with Gasteiger partial charge in [-0.3, -0.25) is 4.79 Å². The van der Waals surface area contributed by atoms with E-state index in [4.69, 9.17) is 9.84 Å². The van der Waals surface area contributed by atoms with Crippen LogP contribution in [-0.2, 0) is 0 Å². The number of hydrogen-bond donors (Lipinski definition) is 1. The van der Waals surface area contributed by atoms with Crippen molar-refractivity contribution in [1.82, 2.24) is 0 Å². The maximum Gasteiger partial charge on any atom is 0.163 e. The number of rotatable bonds is 8. The predicted molar refractivity (Wildman–Crippen MR) is 103 cm³/mol. The summed E-state index contributed by atoms with van der Waals surface area (Å²) in [5.41, 5.74) is 3.87. The highest BCUT2D eigenvalue weighted by molar-refractivity contribution is 5.97. The average Bonchev–Trinajstić information content (AvgIpc) is 2.61. The van der Waals surface area contributed by atoms with E-state index in [-0.39, 0.29) is 18.3 Å². The second kappa shape index (κ2) is 9.19. The largest absolute Gasteiger partial charge is 0.496 e. The van der Waals surface area contributed by atoms with Crippen LogP contribution in [0.15, 0.2) is 42.5 Å². The molecule has 0 bridgehead atoms. The van der Waals surface area contributed by atoms with Crippen LogP contribution in [0, 0.1) is 12.8 Å². The second-order valence-corrected chi connectivity index (χ2v) is 6.45. The number of benzene rings is 2. The summed E-state index contributed by atoms with van der Waals surface area (Å²) in [6.07, 6.45) is 5.06. The van der Waals surface area contributed by atoms with Crippen molar-refractivity contribution in [2.75, 3.05) is 13.7 Å². The lowest BCUT2D eigenvalue weighted by molar-refractivity contribution is 0.0958. The molecule has 2 aromatic carbocycles. The maximum atomic E-state index is 12.4. The van der Waals surface area contributed by atoms with E-state index in [0.29, 0.717) is 18.4 Å². The van der Waals surface area contributed by atoms with E-state index >= 15 is 0 Å². The summed E-state index contributed by atoms with van der Waals surface area (Å²) >= 11 is 0. The Morgan fingerprint density at radius 1 is 1.16 bits per heavy atom. The van der Waals surface area contributed by atoms with E-state index in [1.807, 2.05) is 31.2 Å². The van der Waals surface area contributed by atoms with Crippen LogP contribution < -0.4 is 4.74 Å². The fourth-order valence-corrected chi connectivity index (χ4v) is 2.66. The van der Waals surface area contributed by atoms with Gasteiger partial charge in [0.15, 0.2) is 5.78 Å². The van der Waals surface area contributed by atoms with E-state index in [9.17, 15) is 4.79 Å². The molecule has 132 valence electrons. The standard InChI is InChI=1S/C22H26O3/c1-16-4-6-18(7-5-16)8-9-20-15-19(10-11-22(20)25-3)21(24)14-17(2)12-13-23/h4-11,15,17,23H,12-14H2,1-3H3/b9-8+. The fourth-order valence-electron chi connectivity index (χ4n) is 2.66. The normalized spacial score (nSPS) is 12.3. The molecule has 0 aliphatic rings. The van der Waals surface area contributed by atoms with Crippen molar-refractivity contribution in [2.24, 2.45) is 5.92 Å². The van der Waals surface area contributed by atoms with Gasteiger partial charge in [-0.15, -0.1) is 0 Å². The van der Waals surface area contributed by atoms with Crippen molar-refractivity contribution in [3.63, 3.8) is 0 Å². The van der Waals surface area contributed by atoms with Gasteiger partial charge < -0.3 is 9.84 Å². The smallest absolute Gasteiger partial charge is 0.163 e. The zero-order chi connectivity index (χ0) is 18.2. The third kappa shape index (κ3) is 5.57. The predicted octanol–water partition coefficient (Wildman–Crippen LogP) is 4.77. The van der Waals surface area contributed by atoms with Gasteiger partial charge in [-0.25, -0.2) is 0 Å². The quantitative estimate of drug-likeness (QED) is 0.557. The number of ketones is 1. The highest BCUT2D eigenvalue weighted by atomic mass is 16.5. The Labute approximate surface area is 150 Å². The van der Waals surface area contributed by atoms with Gasteiger partial charge >= 0.3 is 0 Å². The van der Waals surface area contributed by atoms with Gasteiger partial charge in [-0.05, 0) is 43.0 Å². The Morgan fingerprint density at radius 2 is 1.88 bits per heavy atom. The molecule has 1 unspecified atom stereocenters. The first-order valence-electron chi connectivity index (χ1n) is 8.60. The third-order valence-corrected chi connectivity index (χ3v) is 4.24. The number of carbonyl (C=O) groups excluding carboxylic acids is 1. The van der Waals surface area contributed by atoms with Crippen LogP contribution in [0.25, 0.3) is 12.2 Å². The Bertz CT molecular complexity index is 729. The minimum absolute atomic E-state index is 0.0913. The molecule has 3 heteroatoms. The Balaban J connectivity index is 2.21. The van der Waals surface area contributed by atoms with Crippen LogP contribution in [-0.4, -0.2) is 24.6 Å². The highest BCUT2D eigenvalue weighted by Gasteiger charge is 2.13. The lowest BCUT2D eigenvalue weighted by atomic mass is 9.96. The van der Waals surface area contributed by atoms with E-state index in [1.165, 1.54) is 5.56 Å². The molecule has 0 aliphatic carbocycles. The average molecular weight is 338 g/mol. The SMILES string of the molecule is COc1ccc(C(=O)CC(C)CCO)cc1/C=C/c1ccc(C)cc1. The van der Waals surface area contributed by atoms with Crippen LogP contribution in [0.2, 0.25) is 0 Å². The molecule has 3 nitrogen and oxygen atoms in total. The molecule has 0 saturated heterocycles. The van der Waals surface area contributed by atoms with Gasteiger partial charge in [0.1, 0.15) is 5.75 Å². The van der Waals surface area contributed by atoms with Crippen LogP contribution in [0.5, 0.6) is 5.75 Å². The highest BCUT2D eigenvalue weighted by Crippen LogP contribution is 2.24. The number of Topliss-reactive ketones (excluding diaryl/α,β-unsaturated/α-hetero) is 1. The van der Waals surface area contributed by atoms with Crippen molar-refractivity contribution >= 4 is 17.9 Å². The molecule has 25 heavy (non-hydrogen) atoms. The van der Waals surface area contributed by atoms with E-state index in [1.54, 1.807) is 13.2 Å². The van der Waals surface area contributed by atoms with Crippen LogP contribution in [0.4, 0.5) is 0 Å². The molecule has 0 spiro atoms. The van der Waals surface area contributed by atoms with Crippen molar-refractivity contribution in [3.05, 3.63) is 64.7 Å².